The van der Waals surface area contributed by atoms with Crippen molar-refractivity contribution >= 4 is 45.5 Å². The van der Waals surface area contributed by atoms with E-state index in [9.17, 15) is 4.79 Å². The van der Waals surface area contributed by atoms with E-state index in [0.717, 1.165) is 33.8 Å². The molecule has 112 valence electrons. The van der Waals surface area contributed by atoms with Crippen LogP contribution < -0.4 is 5.32 Å². The van der Waals surface area contributed by atoms with E-state index in [1.165, 1.54) is 5.56 Å². The molecule has 0 saturated heterocycles. The van der Waals surface area contributed by atoms with Gasteiger partial charge in [0.15, 0.2) is 0 Å². The van der Waals surface area contributed by atoms with E-state index < -0.39 is 0 Å². The maximum absolute atomic E-state index is 12.2. The van der Waals surface area contributed by atoms with Crippen LogP contribution in [-0.4, -0.2) is 23.9 Å². The summed E-state index contributed by atoms with van der Waals surface area (Å²) in [7, 11) is 0. The summed E-state index contributed by atoms with van der Waals surface area (Å²) in [5, 5.41) is 4.85. The lowest BCUT2D eigenvalue weighted by atomic mass is 10.2. The molecule has 5 heteroatoms. The standard InChI is InChI=1S/C16H19IN2OS/c1-3-19(4-2)10-12-6-5-7-14(8-12)18-16(20)13-9-15(17)21-11-13/h5-9,11H,3-4,10H2,1-2H3,(H,18,20). The van der Waals surface area contributed by atoms with Gasteiger partial charge in [0.2, 0.25) is 0 Å². The minimum Gasteiger partial charge on any atom is -0.322 e. The van der Waals surface area contributed by atoms with Crippen molar-refractivity contribution in [1.82, 2.24) is 4.90 Å². The van der Waals surface area contributed by atoms with Crippen LogP contribution in [0.25, 0.3) is 0 Å². The average molecular weight is 414 g/mol. The predicted octanol–water partition coefficient (Wildman–Crippen LogP) is 4.45. The van der Waals surface area contributed by atoms with E-state index in [-0.39, 0.29) is 5.91 Å². The van der Waals surface area contributed by atoms with Crippen LogP contribution in [0.15, 0.2) is 35.7 Å². The molecule has 0 unspecified atom stereocenters. The Morgan fingerprint density at radius 1 is 1.29 bits per heavy atom. The molecule has 1 amide bonds. The summed E-state index contributed by atoms with van der Waals surface area (Å²) >= 11 is 3.80. The van der Waals surface area contributed by atoms with Gasteiger partial charge in [0.25, 0.3) is 5.91 Å². The van der Waals surface area contributed by atoms with E-state index in [1.54, 1.807) is 11.3 Å². The van der Waals surface area contributed by atoms with Gasteiger partial charge in [-0.15, -0.1) is 11.3 Å². The fraction of sp³-hybridized carbons (Fsp3) is 0.312. The number of benzene rings is 1. The smallest absolute Gasteiger partial charge is 0.256 e. The number of anilines is 1. The van der Waals surface area contributed by atoms with Gasteiger partial charge in [0, 0.05) is 17.6 Å². The Morgan fingerprint density at radius 3 is 2.67 bits per heavy atom. The highest BCUT2D eigenvalue weighted by Gasteiger charge is 2.09. The molecule has 1 heterocycles. The number of rotatable bonds is 6. The van der Waals surface area contributed by atoms with Crippen LogP contribution in [0.3, 0.4) is 0 Å². The van der Waals surface area contributed by atoms with Crippen molar-refractivity contribution in [2.45, 2.75) is 20.4 Å². The highest BCUT2D eigenvalue weighted by molar-refractivity contribution is 14.1. The molecule has 1 aromatic carbocycles. The van der Waals surface area contributed by atoms with Gasteiger partial charge in [-0.3, -0.25) is 9.69 Å². The molecule has 1 aromatic heterocycles. The topological polar surface area (TPSA) is 32.3 Å². The first kappa shape index (κ1) is 16.5. The molecular formula is C16H19IN2OS. The zero-order valence-corrected chi connectivity index (χ0v) is 15.2. The summed E-state index contributed by atoms with van der Waals surface area (Å²) < 4.78 is 1.12. The summed E-state index contributed by atoms with van der Waals surface area (Å²) in [6, 6.07) is 9.97. The van der Waals surface area contributed by atoms with Crippen molar-refractivity contribution in [3.05, 3.63) is 49.7 Å². The second-order valence-electron chi connectivity index (χ2n) is 4.76. The van der Waals surface area contributed by atoms with Gasteiger partial charge in [0.05, 0.1) is 8.45 Å². The van der Waals surface area contributed by atoms with Crippen LogP contribution in [0, 0.1) is 2.88 Å². The fourth-order valence-electron chi connectivity index (χ4n) is 2.09. The molecule has 0 aliphatic heterocycles. The molecule has 2 rings (SSSR count). The maximum Gasteiger partial charge on any atom is 0.256 e. The number of halogens is 1. The van der Waals surface area contributed by atoms with Crippen molar-refractivity contribution in [3.8, 4) is 0 Å². The molecule has 21 heavy (non-hydrogen) atoms. The van der Waals surface area contributed by atoms with Gasteiger partial charge in [-0.1, -0.05) is 26.0 Å². The second-order valence-corrected chi connectivity index (χ2v) is 7.56. The Hall–Kier alpha value is -0.920. The molecule has 3 nitrogen and oxygen atoms in total. The lowest BCUT2D eigenvalue weighted by Gasteiger charge is -2.18. The fourth-order valence-corrected chi connectivity index (χ4v) is 3.41. The molecule has 0 fully saturated rings. The molecule has 0 atom stereocenters. The Labute approximate surface area is 143 Å². The van der Waals surface area contributed by atoms with Gasteiger partial charge in [-0.25, -0.2) is 0 Å². The summed E-state index contributed by atoms with van der Waals surface area (Å²) in [5.74, 6) is -0.0471. The maximum atomic E-state index is 12.2. The zero-order chi connectivity index (χ0) is 15.2. The number of carbonyl (C=O) groups excluding carboxylic acids is 1. The first-order valence-corrected chi connectivity index (χ1v) is 8.95. The Kier molecular flexibility index (Phi) is 6.20. The number of thiophene rings is 1. The van der Waals surface area contributed by atoms with Gasteiger partial charge >= 0.3 is 0 Å². The second kappa shape index (κ2) is 7.91. The van der Waals surface area contributed by atoms with Crippen LogP contribution in [0.5, 0.6) is 0 Å². The molecule has 1 N–H and O–H groups in total. The normalized spacial score (nSPS) is 10.9. The van der Waals surface area contributed by atoms with E-state index >= 15 is 0 Å². The van der Waals surface area contributed by atoms with Crippen LogP contribution in [0.2, 0.25) is 0 Å². The highest BCUT2D eigenvalue weighted by atomic mass is 127. The van der Waals surface area contributed by atoms with Crippen LogP contribution in [0.4, 0.5) is 5.69 Å². The molecule has 0 spiro atoms. The molecular weight excluding hydrogens is 395 g/mol. The molecule has 0 bridgehead atoms. The first-order valence-electron chi connectivity index (χ1n) is 6.99. The number of hydrogen-bond acceptors (Lipinski definition) is 3. The van der Waals surface area contributed by atoms with Crippen molar-refractivity contribution < 1.29 is 4.79 Å². The van der Waals surface area contributed by atoms with Gasteiger partial charge < -0.3 is 5.32 Å². The molecule has 2 aromatic rings. The third kappa shape index (κ3) is 4.79. The van der Waals surface area contributed by atoms with E-state index in [1.807, 2.05) is 29.6 Å². The minimum absolute atomic E-state index is 0.0471. The van der Waals surface area contributed by atoms with Crippen LogP contribution in [0.1, 0.15) is 29.8 Å². The van der Waals surface area contributed by atoms with Gasteiger partial charge in [-0.2, -0.15) is 0 Å². The lowest BCUT2D eigenvalue weighted by Crippen LogP contribution is -2.22. The summed E-state index contributed by atoms with van der Waals surface area (Å²) in [4.78, 5) is 14.5. The number of amides is 1. The predicted molar refractivity (Wildman–Crippen MR) is 98.1 cm³/mol. The van der Waals surface area contributed by atoms with Crippen molar-refractivity contribution in [2.24, 2.45) is 0 Å². The monoisotopic (exact) mass is 414 g/mol. The summed E-state index contributed by atoms with van der Waals surface area (Å²) in [6.45, 7) is 7.29. The van der Waals surface area contributed by atoms with Crippen molar-refractivity contribution in [2.75, 3.05) is 18.4 Å². The third-order valence-electron chi connectivity index (χ3n) is 3.32. The summed E-state index contributed by atoms with van der Waals surface area (Å²) in [5.41, 5.74) is 2.79. The number of nitrogens with one attached hydrogen (secondary N) is 1. The van der Waals surface area contributed by atoms with E-state index in [4.69, 9.17) is 0 Å². The third-order valence-corrected chi connectivity index (χ3v) is 5.10. The van der Waals surface area contributed by atoms with Gasteiger partial charge in [-0.05, 0) is 59.4 Å². The average Bonchev–Trinajstić information content (AvgIpc) is 2.92. The van der Waals surface area contributed by atoms with Crippen molar-refractivity contribution in [1.29, 1.82) is 0 Å². The molecule has 0 saturated carbocycles. The Morgan fingerprint density at radius 2 is 2.05 bits per heavy atom. The first-order chi connectivity index (χ1) is 10.1. The number of carbonyl (C=O) groups is 1. The highest BCUT2D eigenvalue weighted by Crippen LogP contribution is 2.19. The zero-order valence-electron chi connectivity index (χ0n) is 12.2. The lowest BCUT2D eigenvalue weighted by molar-refractivity contribution is 0.102. The number of nitrogens with zero attached hydrogens (tertiary/aromatic N) is 1. The largest absolute Gasteiger partial charge is 0.322 e. The number of hydrogen-bond donors (Lipinski definition) is 1. The minimum atomic E-state index is -0.0471. The summed E-state index contributed by atoms with van der Waals surface area (Å²) in [6.07, 6.45) is 0. The van der Waals surface area contributed by atoms with Crippen LogP contribution >= 0.6 is 33.9 Å². The molecule has 0 aliphatic rings. The van der Waals surface area contributed by atoms with E-state index in [0.29, 0.717) is 0 Å². The molecule has 0 radical (unpaired) electrons. The van der Waals surface area contributed by atoms with E-state index in [2.05, 4.69) is 52.7 Å². The van der Waals surface area contributed by atoms with Crippen LogP contribution in [-0.2, 0) is 6.54 Å². The van der Waals surface area contributed by atoms with Crippen molar-refractivity contribution in [3.63, 3.8) is 0 Å². The Balaban J connectivity index is 2.05. The quantitative estimate of drug-likeness (QED) is 0.709. The SMILES string of the molecule is CCN(CC)Cc1cccc(NC(=O)c2csc(I)c2)c1. The molecule has 0 aliphatic carbocycles. The van der Waals surface area contributed by atoms with Gasteiger partial charge in [0.1, 0.15) is 0 Å². The Bertz CT molecular complexity index is 608.